The summed E-state index contributed by atoms with van der Waals surface area (Å²) < 4.78 is 30.1. The minimum Gasteiger partial charge on any atom is -0.472 e. The molecule has 39 heavy (non-hydrogen) atoms. The lowest BCUT2D eigenvalue weighted by Gasteiger charge is -2.69. The van der Waals surface area contributed by atoms with Gasteiger partial charge in [0.05, 0.1) is 12.5 Å². The first-order chi connectivity index (χ1) is 18.1. The third-order valence-electron chi connectivity index (χ3n) is 11.0. The third-order valence-corrected chi connectivity index (χ3v) is 11.0. The highest BCUT2D eigenvalue weighted by molar-refractivity contribution is 5.96. The molecule has 0 radical (unpaired) electrons. The zero-order valence-corrected chi connectivity index (χ0v) is 23.4. The second-order valence-corrected chi connectivity index (χ2v) is 13.3. The lowest BCUT2D eigenvalue weighted by atomic mass is 9.35. The normalized spacial score (nSPS) is 47.1. The van der Waals surface area contributed by atoms with Gasteiger partial charge in [-0.25, -0.2) is 4.79 Å². The number of carbonyl (C=O) groups excluding carboxylic acids is 4. The highest BCUT2D eigenvalue weighted by atomic mass is 16.7. The summed E-state index contributed by atoms with van der Waals surface area (Å²) in [5.74, 6) is -2.04. The average Bonchev–Trinajstić information content (AvgIpc) is 3.40. The van der Waals surface area contributed by atoms with E-state index in [1.54, 1.807) is 18.4 Å². The highest BCUT2D eigenvalue weighted by Gasteiger charge is 2.90. The van der Waals surface area contributed by atoms with E-state index >= 15 is 0 Å². The third kappa shape index (κ3) is 3.05. The van der Waals surface area contributed by atoms with Gasteiger partial charge in [0, 0.05) is 41.6 Å². The van der Waals surface area contributed by atoms with Crippen LogP contribution in [0.1, 0.15) is 73.0 Å². The van der Waals surface area contributed by atoms with Gasteiger partial charge in [-0.3, -0.25) is 14.4 Å². The van der Waals surface area contributed by atoms with Gasteiger partial charge in [0.2, 0.25) is 0 Å². The fraction of sp³-hybridized carbons (Fsp3) is 0.667. The minimum absolute atomic E-state index is 0.000171. The molecule has 9 nitrogen and oxygen atoms in total. The molecule has 2 aliphatic heterocycles. The fourth-order valence-electron chi connectivity index (χ4n) is 9.64. The number of hydrogen-bond donors (Lipinski definition) is 0. The van der Waals surface area contributed by atoms with Crippen LogP contribution in [0.5, 0.6) is 0 Å². The van der Waals surface area contributed by atoms with Crippen molar-refractivity contribution in [2.75, 3.05) is 0 Å². The van der Waals surface area contributed by atoms with Crippen LogP contribution in [0.25, 0.3) is 0 Å². The number of furan rings is 1. The van der Waals surface area contributed by atoms with Crippen molar-refractivity contribution in [3.05, 3.63) is 36.3 Å². The monoisotopic (exact) mass is 540 g/mol. The molecule has 1 aromatic rings. The molecule has 1 aromatic heterocycles. The number of hydrogen-bond acceptors (Lipinski definition) is 9. The quantitative estimate of drug-likeness (QED) is 0.317. The molecule has 6 rings (SSSR count). The van der Waals surface area contributed by atoms with E-state index in [2.05, 4.69) is 6.92 Å². The number of cyclic esters (lactones) is 1. The SMILES string of the molecule is CC(=O)O[C@H]1C[C@@]2(C)[C@H](c3ccoc3)OC(=O)[C@H]3O[C@]32[C@@]2(C)[C@H]1[C@@]1(C)C=CC(=O)C(C)(C)[C@@H]1C[C@H]2OC(C)=O. The van der Waals surface area contributed by atoms with Crippen molar-refractivity contribution in [3.63, 3.8) is 0 Å². The van der Waals surface area contributed by atoms with Gasteiger partial charge in [-0.15, -0.1) is 0 Å². The molecule has 0 aromatic carbocycles. The van der Waals surface area contributed by atoms with Gasteiger partial charge in [0.15, 0.2) is 11.9 Å². The summed E-state index contributed by atoms with van der Waals surface area (Å²) in [6, 6.07) is 1.76. The highest BCUT2D eigenvalue weighted by Crippen LogP contribution is 2.80. The van der Waals surface area contributed by atoms with Crippen LogP contribution in [0.4, 0.5) is 0 Å². The van der Waals surface area contributed by atoms with Crippen LogP contribution in [0.2, 0.25) is 0 Å². The summed E-state index contributed by atoms with van der Waals surface area (Å²) in [5.41, 5.74) is -3.63. The van der Waals surface area contributed by atoms with Crippen LogP contribution in [0.15, 0.2) is 35.2 Å². The van der Waals surface area contributed by atoms with E-state index in [0.29, 0.717) is 18.4 Å². The van der Waals surface area contributed by atoms with E-state index in [0.717, 1.165) is 0 Å². The number of epoxide rings is 1. The Bertz CT molecular complexity index is 1300. The van der Waals surface area contributed by atoms with Crippen LogP contribution in [0, 0.1) is 33.5 Å². The molecule has 0 bridgehead atoms. The zero-order valence-electron chi connectivity index (χ0n) is 23.4. The first-order valence-electron chi connectivity index (χ1n) is 13.6. The largest absolute Gasteiger partial charge is 0.472 e. The molecular weight excluding hydrogens is 504 g/mol. The number of allylic oxidation sites excluding steroid dienone is 2. The summed E-state index contributed by atoms with van der Waals surface area (Å²) in [6.07, 6.45) is 4.42. The minimum atomic E-state index is -1.08. The van der Waals surface area contributed by atoms with Crippen molar-refractivity contribution in [1.29, 1.82) is 0 Å². The fourth-order valence-corrected chi connectivity index (χ4v) is 9.64. The van der Waals surface area contributed by atoms with Crippen molar-refractivity contribution >= 4 is 23.7 Å². The van der Waals surface area contributed by atoms with Gasteiger partial charge in [-0.05, 0) is 36.3 Å². The topological polar surface area (TPSA) is 122 Å². The van der Waals surface area contributed by atoms with Crippen molar-refractivity contribution in [3.8, 4) is 0 Å². The van der Waals surface area contributed by atoms with Crippen LogP contribution in [0.3, 0.4) is 0 Å². The van der Waals surface area contributed by atoms with Crippen molar-refractivity contribution in [2.24, 2.45) is 33.5 Å². The molecule has 10 atom stereocenters. The predicted molar refractivity (Wildman–Crippen MR) is 135 cm³/mol. The van der Waals surface area contributed by atoms with Gasteiger partial charge >= 0.3 is 17.9 Å². The molecule has 1 spiro atoms. The van der Waals surface area contributed by atoms with E-state index in [9.17, 15) is 19.2 Å². The Morgan fingerprint density at radius 3 is 2.31 bits per heavy atom. The smallest absolute Gasteiger partial charge is 0.339 e. The van der Waals surface area contributed by atoms with Crippen molar-refractivity contribution < 1.29 is 42.5 Å². The maximum atomic E-state index is 13.4. The second-order valence-electron chi connectivity index (χ2n) is 13.3. The molecule has 0 unspecified atom stereocenters. The summed E-state index contributed by atoms with van der Waals surface area (Å²) in [6.45, 7) is 12.7. The summed E-state index contributed by atoms with van der Waals surface area (Å²) >= 11 is 0. The number of carbonyl (C=O) groups is 4. The predicted octanol–water partition coefficient (Wildman–Crippen LogP) is 4.10. The van der Waals surface area contributed by atoms with E-state index in [1.807, 2.05) is 33.8 Å². The number of esters is 3. The summed E-state index contributed by atoms with van der Waals surface area (Å²) in [5, 5.41) is 0. The standard InChI is InChI=1S/C30H36O9/c1-15(31)36-18-13-28(6)23(17-9-11-35-14-17)38-25(34)24-30(28,39-24)29(7)21(37-16(2)32)12-19-26(3,4)20(33)8-10-27(19,5)22(18)29/h8-11,14,18-19,21-24H,12-13H2,1-7H3/t18-,19-,21+,22+,23-,24+,27-,28-,29+,30+/m0/s1. The van der Waals surface area contributed by atoms with E-state index in [1.165, 1.54) is 20.1 Å². The van der Waals surface area contributed by atoms with Gasteiger partial charge in [-0.1, -0.05) is 40.7 Å². The number of fused-ring (bicyclic) bond motifs is 3. The zero-order chi connectivity index (χ0) is 28.3. The Labute approximate surface area is 227 Å². The average molecular weight is 541 g/mol. The first kappa shape index (κ1) is 26.3. The molecule has 3 aliphatic carbocycles. The molecule has 9 heteroatoms. The summed E-state index contributed by atoms with van der Waals surface area (Å²) in [7, 11) is 0. The Hall–Kier alpha value is -2.94. The molecule has 2 saturated carbocycles. The Balaban J connectivity index is 1.62. The lowest BCUT2D eigenvalue weighted by Crippen LogP contribution is -2.76. The van der Waals surface area contributed by atoms with Crippen molar-refractivity contribution in [2.45, 2.75) is 91.3 Å². The molecule has 3 heterocycles. The summed E-state index contributed by atoms with van der Waals surface area (Å²) in [4.78, 5) is 51.7. The molecular formula is C30H36O9. The first-order valence-corrected chi connectivity index (χ1v) is 13.6. The second kappa shape index (κ2) is 7.83. The van der Waals surface area contributed by atoms with Crippen LogP contribution >= 0.6 is 0 Å². The van der Waals surface area contributed by atoms with Gasteiger partial charge in [0.25, 0.3) is 0 Å². The van der Waals surface area contributed by atoms with Crippen LogP contribution in [-0.2, 0) is 38.1 Å². The van der Waals surface area contributed by atoms with E-state index < -0.39 is 75.5 Å². The number of ether oxygens (including phenoxy) is 4. The van der Waals surface area contributed by atoms with Crippen LogP contribution < -0.4 is 0 Å². The van der Waals surface area contributed by atoms with E-state index in [4.69, 9.17) is 23.4 Å². The van der Waals surface area contributed by atoms with E-state index in [-0.39, 0.29) is 11.7 Å². The van der Waals surface area contributed by atoms with Gasteiger partial charge < -0.3 is 23.4 Å². The number of ketones is 1. The molecule has 0 amide bonds. The van der Waals surface area contributed by atoms with Gasteiger partial charge in [-0.2, -0.15) is 0 Å². The number of rotatable bonds is 3. The Morgan fingerprint density at radius 2 is 1.69 bits per heavy atom. The lowest BCUT2D eigenvalue weighted by molar-refractivity contribution is -0.280. The Morgan fingerprint density at radius 1 is 1.00 bits per heavy atom. The molecule has 5 aliphatic rings. The maximum absolute atomic E-state index is 13.4. The molecule has 2 saturated heterocycles. The van der Waals surface area contributed by atoms with Gasteiger partial charge in [0.1, 0.15) is 23.9 Å². The van der Waals surface area contributed by atoms with Crippen LogP contribution in [-0.4, -0.2) is 47.6 Å². The molecule has 210 valence electrons. The molecule has 4 fully saturated rings. The molecule has 0 N–H and O–H groups in total. The Kier molecular flexibility index (Phi) is 5.28. The van der Waals surface area contributed by atoms with Crippen molar-refractivity contribution in [1.82, 2.24) is 0 Å². The maximum Gasteiger partial charge on any atom is 0.339 e.